The minimum Gasteiger partial charge on any atom is -0.417 e. The van der Waals surface area contributed by atoms with Crippen LogP contribution in [0.3, 0.4) is 0 Å². The zero-order valence-corrected chi connectivity index (χ0v) is 18.5. The van der Waals surface area contributed by atoms with Crippen molar-refractivity contribution in [3.8, 4) is 23.3 Å². The van der Waals surface area contributed by atoms with Crippen LogP contribution in [0.4, 0.5) is 0 Å². The summed E-state index contributed by atoms with van der Waals surface area (Å²) >= 11 is 0. The van der Waals surface area contributed by atoms with E-state index in [0.717, 1.165) is 19.4 Å². The summed E-state index contributed by atoms with van der Waals surface area (Å²) in [5, 5.41) is 0.589. The minimum absolute atomic E-state index is 0.285. The zero-order valence-electron chi connectivity index (χ0n) is 16.5. The normalized spacial score (nSPS) is 13.0. The fraction of sp³-hybridized carbons (Fsp3) is 0.789. The van der Waals surface area contributed by atoms with E-state index in [1.807, 2.05) is 0 Å². The van der Waals surface area contributed by atoms with Gasteiger partial charge >= 0.3 is 0 Å². The van der Waals surface area contributed by atoms with Crippen molar-refractivity contribution >= 4 is 16.4 Å². The van der Waals surface area contributed by atoms with Gasteiger partial charge in [0.05, 0.1) is 0 Å². The van der Waals surface area contributed by atoms with Gasteiger partial charge in [0.1, 0.15) is 8.07 Å². The molecule has 0 bridgehead atoms. The summed E-state index contributed by atoms with van der Waals surface area (Å²) < 4.78 is 6.14. The lowest BCUT2D eigenvalue weighted by molar-refractivity contribution is 0.284. The summed E-state index contributed by atoms with van der Waals surface area (Å²) in [5.41, 5.74) is 3.42. The maximum Gasteiger partial charge on any atom is 0.191 e. The molecule has 1 nitrogen and oxygen atoms in total. The summed E-state index contributed by atoms with van der Waals surface area (Å²) in [4.78, 5) is 0. The van der Waals surface area contributed by atoms with Gasteiger partial charge in [0.25, 0.3) is 0 Å². The van der Waals surface area contributed by atoms with Crippen LogP contribution in [0.25, 0.3) is 0 Å². The Morgan fingerprint density at radius 1 is 0.818 bits per heavy atom. The van der Waals surface area contributed by atoms with Crippen LogP contribution in [0.2, 0.25) is 36.3 Å². The van der Waals surface area contributed by atoms with E-state index in [1.54, 1.807) is 0 Å². The van der Waals surface area contributed by atoms with Gasteiger partial charge in [-0.1, -0.05) is 60.6 Å². The first-order valence-electron chi connectivity index (χ1n) is 8.35. The molecule has 0 radical (unpaired) electrons. The second-order valence-corrected chi connectivity index (χ2v) is 18.9. The Morgan fingerprint density at radius 3 is 1.82 bits per heavy atom. The van der Waals surface area contributed by atoms with E-state index in [9.17, 15) is 0 Å². The van der Waals surface area contributed by atoms with Crippen LogP contribution in [0, 0.1) is 23.3 Å². The average Bonchev–Trinajstić information content (AvgIpc) is 2.29. The highest BCUT2D eigenvalue weighted by Gasteiger charge is 2.36. The van der Waals surface area contributed by atoms with Gasteiger partial charge in [0, 0.05) is 13.0 Å². The van der Waals surface area contributed by atoms with Gasteiger partial charge in [-0.2, -0.15) is 0 Å². The Balaban J connectivity index is 4.23. The molecule has 0 unspecified atom stereocenters. The molecule has 0 amide bonds. The fourth-order valence-electron chi connectivity index (χ4n) is 1.19. The van der Waals surface area contributed by atoms with E-state index in [2.05, 4.69) is 91.0 Å². The van der Waals surface area contributed by atoms with Crippen LogP contribution >= 0.6 is 0 Å². The molecule has 22 heavy (non-hydrogen) atoms. The number of unbranched alkanes of at least 4 members (excludes halogenated alkanes) is 1. The van der Waals surface area contributed by atoms with Crippen molar-refractivity contribution in [1.29, 1.82) is 0 Å². The van der Waals surface area contributed by atoms with Gasteiger partial charge < -0.3 is 4.43 Å². The van der Waals surface area contributed by atoms with Crippen molar-refractivity contribution in [2.45, 2.75) is 90.6 Å². The molecule has 0 aromatic rings. The van der Waals surface area contributed by atoms with E-state index in [0.29, 0.717) is 5.04 Å². The second kappa shape index (κ2) is 7.87. The third-order valence-corrected chi connectivity index (χ3v) is 14.2. The van der Waals surface area contributed by atoms with Gasteiger partial charge in [-0.25, -0.2) is 0 Å². The monoisotopic (exact) mass is 336 g/mol. The van der Waals surface area contributed by atoms with Crippen LogP contribution in [-0.2, 0) is 4.43 Å². The zero-order chi connectivity index (χ0) is 17.7. The highest BCUT2D eigenvalue weighted by Crippen LogP contribution is 2.36. The molecular formula is C19H36OSi2. The van der Waals surface area contributed by atoms with E-state index >= 15 is 0 Å². The van der Waals surface area contributed by atoms with Gasteiger partial charge in [-0.05, 0) is 41.4 Å². The first-order valence-corrected chi connectivity index (χ1v) is 14.3. The summed E-state index contributed by atoms with van der Waals surface area (Å²) in [6.07, 6.45) is 1.88. The lowest BCUT2D eigenvalue weighted by Gasteiger charge is -2.36. The van der Waals surface area contributed by atoms with Crippen molar-refractivity contribution in [1.82, 2.24) is 0 Å². The lowest BCUT2D eigenvalue weighted by atomic mass is 10.2. The molecule has 0 saturated carbocycles. The van der Waals surface area contributed by atoms with Crippen molar-refractivity contribution in [2.24, 2.45) is 0 Å². The van der Waals surface area contributed by atoms with E-state index in [-0.39, 0.29) is 5.04 Å². The number of hydrogen-bond donors (Lipinski definition) is 0. The number of rotatable bonds is 4. The molecule has 0 aromatic carbocycles. The number of hydrogen-bond acceptors (Lipinski definition) is 1. The Morgan fingerprint density at radius 2 is 1.36 bits per heavy atom. The summed E-state index contributed by atoms with van der Waals surface area (Å²) in [6, 6.07) is 0. The fourth-order valence-corrected chi connectivity index (χ4v) is 3.02. The first kappa shape index (κ1) is 21.5. The maximum absolute atomic E-state index is 6.14. The first-order chi connectivity index (χ1) is 9.71. The van der Waals surface area contributed by atoms with Gasteiger partial charge in [-0.3, -0.25) is 0 Å². The van der Waals surface area contributed by atoms with Crippen molar-refractivity contribution in [3.63, 3.8) is 0 Å². The standard InChI is InChI=1S/C19H36OSi2/c1-18(2,3)21(7,8)17-15-13-11-12-14-16-20-22(9,10)19(4,5)6/h12,14,16H2,1-10H3. The molecule has 0 aliphatic carbocycles. The van der Waals surface area contributed by atoms with Crippen LogP contribution < -0.4 is 0 Å². The largest absolute Gasteiger partial charge is 0.417 e. The molecule has 0 aliphatic heterocycles. The summed E-state index contributed by atoms with van der Waals surface area (Å²) in [7, 11) is -3.11. The van der Waals surface area contributed by atoms with Gasteiger partial charge in [0.2, 0.25) is 0 Å². The molecule has 0 spiro atoms. The van der Waals surface area contributed by atoms with Gasteiger partial charge in [0.15, 0.2) is 8.32 Å². The third-order valence-electron chi connectivity index (χ3n) is 5.12. The van der Waals surface area contributed by atoms with E-state index in [1.165, 1.54) is 0 Å². The van der Waals surface area contributed by atoms with E-state index < -0.39 is 16.4 Å². The van der Waals surface area contributed by atoms with Crippen molar-refractivity contribution in [2.75, 3.05) is 6.61 Å². The summed E-state index contributed by atoms with van der Waals surface area (Å²) in [5.74, 6) is 9.27. The molecule has 0 aromatic heterocycles. The Bertz CT molecular complexity index is 468. The third kappa shape index (κ3) is 7.18. The quantitative estimate of drug-likeness (QED) is 0.356. The molecule has 0 heterocycles. The average molecular weight is 337 g/mol. The molecular weight excluding hydrogens is 300 g/mol. The second-order valence-electron chi connectivity index (χ2n) is 9.14. The molecule has 0 saturated heterocycles. The smallest absolute Gasteiger partial charge is 0.191 e. The van der Waals surface area contributed by atoms with E-state index in [4.69, 9.17) is 4.43 Å². The maximum atomic E-state index is 6.14. The Hall–Kier alpha value is -0.486. The van der Waals surface area contributed by atoms with Crippen LogP contribution in [-0.4, -0.2) is 23.0 Å². The van der Waals surface area contributed by atoms with Crippen LogP contribution in [0.1, 0.15) is 54.4 Å². The Kier molecular flexibility index (Phi) is 7.69. The molecule has 0 atom stereocenters. The predicted molar refractivity (Wildman–Crippen MR) is 105 cm³/mol. The van der Waals surface area contributed by atoms with Crippen molar-refractivity contribution < 1.29 is 4.43 Å². The summed E-state index contributed by atoms with van der Waals surface area (Å²) in [6.45, 7) is 23.7. The molecule has 0 fully saturated rings. The molecule has 0 aliphatic rings. The van der Waals surface area contributed by atoms with Gasteiger partial charge in [-0.15, -0.1) is 5.54 Å². The van der Waals surface area contributed by atoms with Crippen LogP contribution in [0.15, 0.2) is 0 Å². The molecule has 3 heteroatoms. The molecule has 0 rings (SSSR count). The highest BCUT2D eigenvalue weighted by molar-refractivity contribution is 6.87. The lowest BCUT2D eigenvalue weighted by Crippen LogP contribution is -2.40. The minimum atomic E-state index is -1.60. The topological polar surface area (TPSA) is 9.23 Å². The Labute approximate surface area is 141 Å². The molecule has 126 valence electrons. The highest BCUT2D eigenvalue weighted by atomic mass is 28.4. The van der Waals surface area contributed by atoms with Crippen molar-refractivity contribution in [3.05, 3.63) is 0 Å². The van der Waals surface area contributed by atoms with Crippen LogP contribution in [0.5, 0.6) is 0 Å². The predicted octanol–water partition coefficient (Wildman–Crippen LogP) is 5.84. The SMILES string of the molecule is CC(C)(C)[Si](C)(C)C#CC#CCCCO[Si](C)(C)C(C)(C)C. The molecule has 0 N–H and O–H groups in total.